The zero-order valence-electron chi connectivity index (χ0n) is 9.41. The normalized spacial score (nSPS) is 11.1. The molecule has 0 fully saturated rings. The number of nitrogens with two attached hydrogens (primary N) is 1. The fourth-order valence-electron chi connectivity index (χ4n) is 1.16. The average molecular weight is 345 g/mol. The Bertz CT molecular complexity index is 658. The van der Waals surface area contributed by atoms with Crippen molar-refractivity contribution in [1.29, 1.82) is 0 Å². The summed E-state index contributed by atoms with van der Waals surface area (Å²) < 4.78 is 27.0. The van der Waals surface area contributed by atoms with Crippen molar-refractivity contribution in [3.05, 3.63) is 35.2 Å². The number of hydrazine groups is 1. The first-order valence-electron chi connectivity index (χ1n) is 4.94. The van der Waals surface area contributed by atoms with Crippen molar-refractivity contribution in [2.45, 2.75) is 4.90 Å². The molecule has 4 N–H and O–H groups in total. The van der Waals surface area contributed by atoms with Gasteiger partial charge in [0.2, 0.25) is 5.95 Å². The topological polar surface area (TPSA) is 123 Å². The Kier molecular flexibility index (Phi) is 3.93. The Balaban J connectivity index is 2.24. The van der Waals surface area contributed by atoms with Gasteiger partial charge in [0.1, 0.15) is 10.7 Å². The van der Waals surface area contributed by atoms with Crippen molar-refractivity contribution in [3.8, 4) is 0 Å². The van der Waals surface area contributed by atoms with E-state index in [2.05, 4.69) is 41.0 Å². The summed E-state index contributed by atoms with van der Waals surface area (Å²) in [5.41, 5.74) is 2.21. The van der Waals surface area contributed by atoms with E-state index in [4.69, 9.17) is 5.84 Å². The maximum absolute atomic E-state index is 12.0. The minimum Gasteiger partial charge on any atom is -0.292 e. The molecular formula is C9H9BrN6O2S. The summed E-state index contributed by atoms with van der Waals surface area (Å²) in [5, 5.41) is 0. The molecule has 19 heavy (non-hydrogen) atoms. The number of hydrogen-bond donors (Lipinski definition) is 3. The fraction of sp³-hybridized carbons (Fsp3) is 0. The second kappa shape index (κ2) is 5.47. The van der Waals surface area contributed by atoms with Crippen LogP contribution in [0.3, 0.4) is 0 Å². The summed E-state index contributed by atoms with van der Waals surface area (Å²) in [5.74, 6) is 5.42. The summed E-state index contributed by atoms with van der Waals surface area (Å²) in [6.45, 7) is 0. The van der Waals surface area contributed by atoms with Crippen molar-refractivity contribution >= 4 is 37.7 Å². The Morgan fingerprint density at radius 2 is 1.79 bits per heavy atom. The first-order chi connectivity index (χ1) is 9.01. The summed E-state index contributed by atoms with van der Waals surface area (Å²) in [6.07, 6.45) is 3.77. The van der Waals surface area contributed by atoms with E-state index in [1.807, 2.05) is 0 Å². The predicted octanol–water partition coefficient (Wildman–Crippen LogP) is 0.720. The molecule has 0 saturated heterocycles. The zero-order valence-corrected chi connectivity index (χ0v) is 11.8. The second-order valence-electron chi connectivity index (χ2n) is 3.35. The van der Waals surface area contributed by atoms with E-state index in [1.54, 1.807) is 6.07 Å². The van der Waals surface area contributed by atoms with Crippen LogP contribution < -0.4 is 16.0 Å². The lowest BCUT2D eigenvalue weighted by Crippen LogP contribution is -2.16. The van der Waals surface area contributed by atoms with Crippen LogP contribution in [0.1, 0.15) is 0 Å². The van der Waals surface area contributed by atoms with Gasteiger partial charge < -0.3 is 0 Å². The van der Waals surface area contributed by atoms with E-state index in [1.165, 1.54) is 12.3 Å². The van der Waals surface area contributed by atoms with Crippen molar-refractivity contribution in [2.75, 3.05) is 10.1 Å². The van der Waals surface area contributed by atoms with Crippen LogP contribution in [0, 0.1) is 0 Å². The molecular weight excluding hydrogens is 336 g/mol. The van der Waals surface area contributed by atoms with Crippen molar-refractivity contribution in [2.24, 2.45) is 5.84 Å². The fourth-order valence-corrected chi connectivity index (χ4v) is 2.29. The number of nitrogens with zero attached hydrogens (tertiary/aromatic N) is 3. The molecule has 0 aromatic carbocycles. The number of pyridine rings is 1. The lowest BCUT2D eigenvalue weighted by molar-refractivity contribution is 0.600. The number of nitrogen functional groups attached to an aromatic ring is 1. The van der Waals surface area contributed by atoms with Gasteiger partial charge in [0.15, 0.2) is 0 Å². The van der Waals surface area contributed by atoms with Gasteiger partial charge >= 0.3 is 0 Å². The van der Waals surface area contributed by atoms with Gasteiger partial charge in [0.05, 0.1) is 12.4 Å². The molecule has 0 amide bonds. The molecule has 2 aromatic rings. The van der Waals surface area contributed by atoms with Gasteiger partial charge in [-0.3, -0.25) is 10.1 Å². The highest BCUT2D eigenvalue weighted by atomic mass is 79.9. The van der Waals surface area contributed by atoms with Crippen LogP contribution >= 0.6 is 15.9 Å². The predicted molar refractivity (Wildman–Crippen MR) is 72.6 cm³/mol. The number of aromatic nitrogens is 3. The largest absolute Gasteiger partial charge is 0.292 e. The monoisotopic (exact) mass is 344 g/mol. The number of anilines is 2. The maximum Gasteiger partial charge on any atom is 0.266 e. The molecule has 2 heterocycles. The summed E-state index contributed by atoms with van der Waals surface area (Å²) in [6, 6.07) is 3.20. The number of nitrogens with one attached hydrogen (secondary N) is 2. The quantitative estimate of drug-likeness (QED) is 0.551. The third kappa shape index (κ3) is 3.36. The van der Waals surface area contributed by atoms with E-state index in [-0.39, 0.29) is 16.7 Å². The van der Waals surface area contributed by atoms with Gasteiger partial charge in [-0.1, -0.05) is 0 Å². The van der Waals surface area contributed by atoms with Gasteiger partial charge in [-0.05, 0) is 28.1 Å². The van der Waals surface area contributed by atoms with E-state index in [0.717, 1.165) is 16.9 Å². The van der Waals surface area contributed by atoms with E-state index in [0.29, 0.717) is 0 Å². The van der Waals surface area contributed by atoms with E-state index >= 15 is 0 Å². The van der Waals surface area contributed by atoms with Crippen LogP contribution in [0.5, 0.6) is 0 Å². The minimum absolute atomic E-state index is 0.0868. The molecule has 0 saturated carbocycles. The molecule has 8 nitrogen and oxygen atoms in total. The van der Waals surface area contributed by atoms with Crippen molar-refractivity contribution in [1.82, 2.24) is 15.0 Å². The Labute approximate surface area is 117 Å². The Morgan fingerprint density at radius 1 is 1.11 bits per heavy atom. The van der Waals surface area contributed by atoms with Crippen LogP contribution in [0.4, 0.5) is 11.8 Å². The molecule has 0 atom stereocenters. The molecule has 2 rings (SSSR count). The average Bonchev–Trinajstić information content (AvgIpc) is 2.41. The molecule has 2 aromatic heterocycles. The second-order valence-corrected chi connectivity index (χ2v) is 5.95. The Morgan fingerprint density at radius 3 is 2.32 bits per heavy atom. The number of sulfonamides is 1. The van der Waals surface area contributed by atoms with Crippen LogP contribution in [0.25, 0.3) is 0 Å². The smallest absolute Gasteiger partial charge is 0.266 e. The lowest BCUT2D eigenvalue weighted by atomic mass is 10.5. The number of hydrogen-bond acceptors (Lipinski definition) is 7. The Hall–Kier alpha value is -1.78. The van der Waals surface area contributed by atoms with Crippen molar-refractivity contribution < 1.29 is 8.42 Å². The number of halogens is 1. The third-order valence-corrected chi connectivity index (χ3v) is 3.81. The van der Waals surface area contributed by atoms with E-state index < -0.39 is 10.0 Å². The van der Waals surface area contributed by atoms with Gasteiger partial charge in [-0.15, -0.1) is 0 Å². The maximum atomic E-state index is 12.0. The molecule has 10 heteroatoms. The van der Waals surface area contributed by atoms with Crippen LogP contribution in [0.15, 0.2) is 40.1 Å². The van der Waals surface area contributed by atoms with Crippen LogP contribution in [-0.2, 0) is 10.0 Å². The molecule has 0 radical (unpaired) electrons. The van der Waals surface area contributed by atoms with Gasteiger partial charge in [-0.2, -0.15) is 0 Å². The minimum atomic E-state index is -3.77. The molecule has 0 unspecified atom stereocenters. The summed E-state index contributed by atoms with van der Waals surface area (Å²) in [4.78, 5) is 11.3. The molecule has 0 aliphatic rings. The van der Waals surface area contributed by atoms with Gasteiger partial charge in [0.25, 0.3) is 10.0 Å². The summed E-state index contributed by atoms with van der Waals surface area (Å²) in [7, 11) is -3.77. The van der Waals surface area contributed by atoms with Crippen LogP contribution in [-0.4, -0.2) is 23.4 Å². The van der Waals surface area contributed by atoms with Crippen LogP contribution in [0.2, 0.25) is 0 Å². The zero-order chi connectivity index (χ0) is 13.9. The lowest BCUT2D eigenvalue weighted by Gasteiger charge is -2.07. The first kappa shape index (κ1) is 13.6. The van der Waals surface area contributed by atoms with Crippen molar-refractivity contribution in [3.63, 3.8) is 0 Å². The highest BCUT2D eigenvalue weighted by Crippen LogP contribution is 2.15. The molecule has 0 aliphatic carbocycles. The first-order valence-corrected chi connectivity index (χ1v) is 7.22. The molecule has 0 bridgehead atoms. The standard InChI is InChI=1S/C9H9BrN6O2S/c10-6-1-2-8(12-3-6)16-19(17,18)7-4-13-9(15-11)14-5-7/h1-5H,11H2,(H,12,16)(H,13,14,15). The number of rotatable bonds is 4. The summed E-state index contributed by atoms with van der Waals surface area (Å²) >= 11 is 3.21. The highest BCUT2D eigenvalue weighted by Gasteiger charge is 2.15. The molecule has 100 valence electrons. The highest BCUT2D eigenvalue weighted by molar-refractivity contribution is 9.10. The van der Waals surface area contributed by atoms with E-state index in [9.17, 15) is 8.42 Å². The third-order valence-electron chi connectivity index (χ3n) is 2.03. The van der Waals surface area contributed by atoms with Gasteiger partial charge in [-0.25, -0.2) is 29.2 Å². The molecule has 0 spiro atoms. The molecule has 0 aliphatic heterocycles. The van der Waals surface area contributed by atoms with Gasteiger partial charge in [0, 0.05) is 10.7 Å². The SMILES string of the molecule is NNc1ncc(S(=O)(=O)Nc2ccc(Br)cn2)cn1.